The summed E-state index contributed by atoms with van der Waals surface area (Å²) in [5.74, 6) is -0.146. The van der Waals surface area contributed by atoms with Crippen molar-refractivity contribution < 1.29 is 4.39 Å². The van der Waals surface area contributed by atoms with Gasteiger partial charge in [-0.05, 0) is 37.5 Å². The highest BCUT2D eigenvalue weighted by atomic mass is 19.1. The molecule has 0 bridgehead atoms. The zero-order valence-corrected chi connectivity index (χ0v) is 10.0. The second kappa shape index (κ2) is 5.18. The molecule has 0 saturated heterocycles. The molecule has 1 aliphatic rings. The smallest absolute Gasteiger partial charge is 0.128 e. The van der Waals surface area contributed by atoms with Gasteiger partial charge in [-0.3, -0.25) is 0 Å². The molecule has 0 amide bonds. The molecule has 0 spiro atoms. The lowest BCUT2D eigenvalue weighted by molar-refractivity contribution is 0.388. The molecule has 1 aromatic carbocycles. The lowest BCUT2D eigenvalue weighted by Crippen LogP contribution is -2.31. The summed E-state index contributed by atoms with van der Waals surface area (Å²) >= 11 is 0. The Labute approximate surface area is 101 Å². The molecule has 0 aromatic heterocycles. The molecular formula is C14H17FN2. The highest BCUT2D eigenvalue weighted by Gasteiger charge is 2.24. The molecule has 1 saturated carbocycles. The van der Waals surface area contributed by atoms with Crippen molar-refractivity contribution >= 4 is 5.69 Å². The van der Waals surface area contributed by atoms with Crippen LogP contribution in [-0.2, 0) is 0 Å². The number of benzene rings is 1. The first-order valence-electron chi connectivity index (χ1n) is 6.13. The first kappa shape index (κ1) is 11.9. The fourth-order valence-corrected chi connectivity index (χ4v) is 2.35. The number of nitrogens with one attached hydrogen (secondary N) is 1. The van der Waals surface area contributed by atoms with Crippen molar-refractivity contribution in [3.8, 4) is 6.07 Å². The van der Waals surface area contributed by atoms with Gasteiger partial charge in [0.1, 0.15) is 5.82 Å². The van der Waals surface area contributed by atoms with Crippen LogP contribution in [0, 0.1) is 30.0 Å². The minimum atomic E-state index is -0.195. The van der Waals surface area contributed by atoms with E-state index in [4.69, 9.17) is 5.26 Å². The second-order valence-corrected chi connectivity index (χ2v) is 4.73. The molecule has 0 aliphatic heterocycles. The molecular weight excluding hydrogens is 215 g/mol. The van der Waals surface area contributed by atoms with Gasteiger partial charge in [-0.2, -0.15) is 5.26 Å². The number of aryl methyl sites for hydroxylation is 1. The van der Waals surface area contributed by atoms with Crippen molar-refractivity contribution in [1.29, 1.82) is 5.26 Å². The number of halogens is 1. The van der Waals surface area contributed by atoms with E-state index in [-0.39, 0.29) is 17.8 Å². The Bertz CT molecular complexity index is 436. The minimum absolute atomic E-state index is 0.0492. The summed E-state index contributed by atoms with van der Waals surface area (Å²) in [6, 6.07) is 7.66. The van der Waals surface area contributed by atoms with E-state index in [0.29, 0.717) is 5.56 Å². The Morgan fingerprint density at radius 2 is 2.12 bits per heavy atom. The van der Waals surface area contributed by atoms with E-state index >= 15 is 0 Å². The maximum absolute atomic E-state index is 13.4. The molecule has 1 aromatic rings. The number of nitriles is 1. The summed E-state index contributed by atoms with van der Waals surface area (Å²) in [6.45, 7) is 1.75. The van der Waals surface area contributed by atoms with Crippen molar-refractivity contribution in [2.24, 2.45) is 5.92 Å². The van der Waals surface area contributed by atoms with Crippen LogP contribution in [0.3, 0.4) is 0 Å². The number of nitrogens with zero attached hydrogens (tertiary/aromatic N) is 1. The number of rotatable bonds is 2. The standard InChI is InChI=1S/C14H17FN2/c1-10-6-7-12(8-13(10)15)17-14-5-3-2-4-11(14)9-16/h6-8,11,14,17H,2-5H2,1H3. The molecule has 90 valence electrons. The highest BCUT2D eigenvalue weighted by Crippen LogP contribution is 2.27. The molecule has 2 nitrogen and oxygen atoms in total. The van der Waals surface area contributed by atoms with Gasteiger partial charge in [0.25, 0.3) is 0 Å². The van der Waals surface area contributed by atoms with Crippen LogP contribution in [-0.4, -0.2) is 6.04 Å². The average molecular weight is 232 g/mol. The Kier molecular flexibility index (Phi) is 3.63. The third-order valence-electron chi connectivity index (χ3n) is 3.46. The molecule has 17 heavy (non-hydrogen) atoms. The van der Waals surface area contributed by atoms with Crippen LogP contribution >= 0.6 is 0 Å². The molecule has 2 atom stereocenters. The molecule has 1 aliphatic carbocycles. The van der Waals surface area contributed by atoms with E-state index in [1.165, 1.54) is 6.07 Å². The second-order valence-electron chi connectivity index (χ2n) is 4.73. The minimum Gasteiger partial charge on any atom is -0.381 e. The molecule has 0 radical (unpaired) electrons. The topological polar surface area (TPSA) is 35.8 Å². The van der Waals surface area contributed by atoms with Gasteiger partial charge in [-0.25, -0.2) is 4.39 Å². The first-order chi connectivity index (χ1) is 8.20. The Balaban J connectivity index is 2.09. The van der Waals surface area contributed by atoms with Gasteiger partial charge in [0, 0.05) is 11.7 Å². The van der Waals surface area contributed by atoms with Gasteiger partial charge >= 0.3 is 0 Å². The van der Waals surface area contributed by atoms with Crippen LogP contribution in [0.25, 0.3) is 0 Å². The van der Waals surface area contributed by atoms with Crippen molar-refractivity contribution in [3.63, 3.8) is 0 Å². The van der Waals surface area contributed by atoms with Crippen molar-refractivity contribution in [2.45, 2.75) is 38.6 Å². The first-order valence-corrected chi connectivity index (χ1v) is 6.13. The molecule has 2 unspecified atom stereocenters. The molecule has 1 N–H and O–H groups in total. The Morgan fingerprint density at radius 1 is 1.35 bits per heavy atom. The van der Waals surface area contributed by atoms with Gasteiger partial charge in [0.05, 0.1) is 12.0 Å². The lowest BCUT2D eigenvalue weighted by atomic mass is 9.85. The zero-order valence-electron chi connectivity index (χ0n) is 10.0. The fourth-order valence-electron chi connectivity index (χ4n) is 2.35. The van der Waals surface area contributed by atoms with Crippen molar-refractivity contribution in [3.05, 3.63) is 29.6 Å². The van der Waals surface area contributed by atoms with Crippen LogP contribution < -0.4 is 5.32 Å². The van der Waals surface area contributed by atoms with Crippen molar-refractivity contribution in [2.75, 3.05) is 5.32 Å². The number of hydrogen-bond acceptors (Lipinski definition) is 2. The average Bonchev–Trinajstić information content (AvgIpc) is 2.34. The maximum Gasteiger partial charge on any atom is 0.128 e. The van der Waals surface area contributed by atoms with Gasteiger partial charge in [0.2, 0.25) is 0 Å². The summed E-state index contributed by atoms with van der Waals surface area (Å²) in [5, 5.41) is 12.4. The largest absolute Gasteiger partial charge is 0.381 e. The molecule has 0 heterocycles. The van der Waals surface area contributed by atoms with E-state index in [0.717, 1.165) is 31.4 Å². The van der Waals surface area contributed by atoms with E-state index in [9.17, 15) is 4.39 Å². The Hall–Kier alpha value is -1.56. The summed E-state index contributed by atoms with van der Waals surface area (Å²) < 4.78 is 13.4. The maximum atomic E-state index is 13.4. The van der Waals surface area contributed by atoms with Crippen LogP contribution in [0.1, 0.15) is 31.2 Å². The quantitative estimate of drug-likeness (QED) is 0.845. The summed E-state index contributed by atoms with van der Waals surface area (Å²) in [4.78, 5) is 0. The molecule has 2 rings (SSSR count). The highest BCUT2D eigenvalue weighted by molar-refractivity contribution is 5.46. The number of hydrogen-bond donors (Lipinski definition) is 1. The Morgan fingerprint density at radius 3 is 2.82 bits per heavy atom. The SMILES string of the molecule is Cc1ccc(NC2CCCCC2C#N)cc1F. The van der Waals surface area contributed by atoms with E-state index < -0.39 is 0 Å². The predicted octanol–water partition coefficient (Wildman–Crippen LogP) is 3.63. The third-order valence-corrected chi connectivity index (χ3v) is 3.46. The van der Waals surface area contributed by atoms with Crippen LogP contribution in [0.4, 0.5) is 10.1 Å². The van der Waals surface area contributed by atoms with Crippen LogP contribution in [0.2, 0.25) is 0 Å². The number of anilines is 1. The summed E-state index contributed by atoms with van der Waals surface area (Å²) in [5.41, 5.74) is 1.43. The summed E-state index contributed by atoms with van der Waals surface area (Å²) in [6.07, 6.45) is 4.21. The monoisotopic (exact) mass is 232 g/mol. The van der Waals surface area contributed by atoms with E-state index in [1.807, 2.05) is 6.07 Å². The molecule has 3 heteroatoms. The van der Waals surface area contributed by atoms with Gasteiger partial charge < -0.3 is 5.32 Å². The third kappa shape index (κ3) is 2.76. The van der Waals surface area contributed by atoms with Crippen LogP contribution in [0.5, 0.6) is 0 Å². The lowest BCUT2D eigenvalue weighted by Gasteiger charge is -2.28. The molecule has 1 fully saturated rings. The zero-order chi connectivity index (χ0) is 12.3. The summed E-state index contributed by atoms with van der Waals surface area (Å²) in [7, 11) is 0. The van der Waals surface area contributed by atoms with E-state index in [1.54, 1.807) is 13.0 Å². The van der Waals surface area contributed by atoms with Gasteiger partial charge in [-0.1, -0.05) is 18.9 Å². The van der Waals surface area contributed by atoms with E-state index in [2.05, 4.69) is 11.4 Å². The van der Waals surface area contributed by atoms with Gasteiger partial charge in [-0.15, -0.1) is 0 Å². The normalized spacial score (nSPS) is 24.1. The van der Waals surface area contributed by atoms with Crippen molar-refractivity contribution in [1.82, 2.24) is 0 Å². The van der Waals surface area contributed by atoms with Crippen LogP contribution in [0.15, 0.2) is 18.2 Å². The fraction of sp³-hybridized carbons (Fsp3) is 0.500. The predicted molar refractivity (Wildman–Crippen MR) is 66.1 cm³/mol. The van der Waals surface area contributed by atoms with Gasteiger partial charge in [0.15, 0.2) is 0 Å².